The third kappa shape index (κ3) is 2.87. The van der Waals surface area contributed by atoms with Gasteiger partial charge in [0.2, 0.25) is 0 Å². The van der Waals surface area contributed by atoms with Crippen molar-refractivity contribution >= 4 is 23.0 Å². The van der Waals surface area contributed by atoms with Crippen LogP contribution in [-0.4, -0.2) is 24.7 Å². The predicted octanol–water partition coefficient (Wildman–Crippen LogP) is 1.07. The molecule has 0 unspecified atom stereocenters. The highest BCUT2D eigenvalue weighted by Crippen LogP contribution is 2.19. The van der Waals surface area contributed by atoms with Gasteiger partial charge in [0.1, 0.15) is 17.1 Å². The van der Waals surface area contributed by atoms with Gasteiger partial charge in [-0.3, -0.25) is 0 Å². The number of hydrogen-bond donors (Lipinski definition) is 2. The summed E-state index contributed by atoms with van der Waals surface area (Å²) < 4.78 is 1.84. The van der Waals surface area contributed by atoms with E-state index in [1.54, 1.807) is 6.33 Å². The lowest BCUT2D eigenvalue weighted by Crippen LogP contribution is -2.17. The smallest absolute Gasteiger partial charge is 0.151 e. The molecule has 2 aromatic rings. The quantitative estimate of drug-likeness (QED) is 0.813. The van der Waals surface area contributed by atoms with E-state index in [0.29, 0.717) is 17.4 Å². The Hall–Kier alpha value is -2.02. The summed E-state index contributed by atoms with van der Waals surface area (Å²) in [6.07, 6.45) is 1.65. The average molecular weight is 276 g/mol. The van der Waals surface area contributed by atoms with Crippen molar-refractivity contribution in [2.75, 3.05) is 5.32 Å². The molecule has 2 aromatic heterocycles. The molecular weight excluding hydrogens is 260 g/mol. The van der Waals surface area contributed by atoms with Gasteiger partial charge in [-0.2, -0.15) is 0 Å². The minimum absolute atomic E-state index is 0.338. The molecule has 0 aliphatic rings. The molecule has 6 nitrogen and oxygen atoms in total. The van der Waals surface area contributed by atoms with Crippen LogP contribution in [0.5, 0.6) is 0 Å². The molecule has 2 heterocycles. The molecule has 0 aliphatic heterocycles. The summed E-state index contributed by atoms with van der Waals surface area (Å²) in [5.41, 5.74) is 8.47. The number of nitrogens with two attached hydrogens (primary N) is 1. The maximum Gasteiger partial charge on any atom is 0.151 e. The molecule has 0 aromatic carbocycles. The van der Waals surface area contributed by atoms with Crippen molar-refractivity contribution in [1.29, 1.82) is 0 Å². The first kappa shape index (κ1) is 13.4. The molecule has 0 saturated carbocycles. The number of anilines is 1. The van der Waals surface area contributed by atoms with Gasteiger partial charge in [0, 0.05) is 12.7 Å². The topological polar surface area (TPSA) is 81.6 Å². The second-order valence-corrected chi connectivity index (χ2v) is 4.82. The van der Waals surface area contributed by atoms with Gasteiger partial charge in [-0.1, -0.05) is 12.2 Å². The molecule has 19 heavy (non-hydrogen) atoms. The number of aromatic nitrogens is 4. The van der Waals surface area contributed by atoms with E-state index in [4.69, 9.17) is 18.0 Å². The van der Waals surface area contributed by atoms with E-state index in [-0.39, 0.29) is 0 Å². The van der Waals surface area contributed by atoms with Crippen LogP contribution in [0, 0.1) is 13.8 Å². The van der Waals surface area contributed by atoms with Crippen molar-refractivity contribution in [1.82, 2.24) is 19.7 Å². The Labute approximate surface area is 117 Å². The van der Waals surface area contributed by atoms with Crippen molar-refractivity contribution in [3.63, 3.8) is 0 Å². The van der Waals surface area contributed by atoms with Gasteiger partial charge in [-0.15, -0.1) is 10.2 Å². The zero-order valence-electron chi connectivity index (χ0n) is 11.1. The van der Waals surface area contributed by atoms with Gasteiger partial charge in [-0.25, -0.2) is 4.98 Å². The van der Waals surface area contributed by atoms with E-state index in [0.717, 1.165) is 22.6 Å². The van der Waals surface area contributed by atoms with Crippen LogP contribution in [0.4, 0.5) is 5.82 Å². The fraction of sp³-hybridized carbons (Fsp3) is 0.333. The maximum absolute atomic E-state index is 5.76. The van der Waals surface area contributed by atoms with E-state index in [2.05, 4.69) is 20.5 Å². The summed E-state index contributed by atoms with van der Waals surface area (Å²) in [4.78, 5) is 4.79. The van der Waals surface area contributed by atoms with Gasteiger partial charge in [0.25, 0.3) is 0 Å². The zero-order chi connectivity index (χ0) is 14.0. The lowest BCUT2D eigenvalue weighted by Gasteiger charge is -2.13. The Balaban J connectivity index is 2.29. The second-order valence-electron chi connectivity index (χ2n) is 4.38. The minimum Gasteiger partial charge on any atom is -0.389 e. The Morgan fingerprint density at radius 2 is 2.21 bits per heavy atom. The van der Waals surface area contributed by atoms with Crippen LogP contribution < -0.4 is 11.1 Å². The minimum atomic E-state index is 0.338. The lowest BCUT2D eigenvalue weighted by atomic mass is 10.1. The summed E-state index contributed by atoms with van der Waals surface area (Å²) in [5.74, 6) is 1.50. The molecule has 2 rings (SSSR count). The largest absolute Gasteiger partial charge is 0.389 e. The fourth-order valence-electron chi connectivity index (χ4n) is 1.91. The highest BCUT2D eigenvalue weighted by atomic mass is 32.1. The first-order chi connectivity index (χ1) is 8.99. The van der Waals surface area contributed by atoms with E-state index in [1.807, 2.05) is 31.5 Å². The predicted molar refractivity (Wildman–Crippen MR) is 77.9 cm³/mol. The third-order valence-electron chi connectivity index (χ3n) is 2.81. The summed E-state index contributed by atoms with van der Waals surface area (Å²) in [6.45, 7) is 4.42. The van der Waals surface area contributed by atoms with Gasteiger partial charge in [0.15, 0.2) is 5.82 Å². The molecular formula is C12H16N6S. The molecule has 0 amide bonds. The number of thiocarbonyl (C=S) groups is 1. The Morgan fingerprint density at radius 1 is 1.47 bits per heavy atom. The molecule has 100 valence electrons. The molecule has 0 fully saturated rings. The summed E-state index contributed by atoms with van der Waals surface area (Å²) >= 11 is 5.08. The van der Waals surface area contributed by atoms with Crippen molar-refractivity contribution in [2.45, 2.75) is 20.4 Å². The van der Waals surface area contributed by atoms with Crippen molar-refractivity contribution < 1.29 is 0 Å². The van der Waals surface area contributed by atoms with Crippen LogP contribution in [0.2, 0.25) is 0 Å². The van der Waals surface area contributed by atoms with Crippen LogP contribution in [0.15, 0.2) is 12.4 Å². The summed E-state index contributed by atoms with van der Waals surface area (Å²) in [7, 11) is 1.89. The molecule has 0 aliphatic carbocycles. The Bertz CT molecular complexity index is 619. The Morgan fingerprint density at radius 3 is 2.79 bits per heavy atom. The summed E-state index contributed by atoms with van der Waals surface area (Å²) in [6, 6.07) is 1.96. The number of pyridine rings is 1. The van der Waals surface area contributed by atoms with Crippen LogP contribution in [0.1, 0.15) is 22.6 Å². The van der Waals surface area contributed by atoms with Gasteiger partial charge in [0.05, 0.1) is 12.1 Å². The molecule has 0 saturated heterocycles. The second kappa shape index (κ2) is 5.31. The SMILES string of the molecule is Cc1cc(C)c(C(N)=S)c(NCc2nncn2C)n1. The van der Waals surface area contributed by atoms with Crippen LogP contribution >= 0.6 is 12.2 Å². The highest BCUT2D eigenvalue weighted by molar-refractivity contribution is 7.80. The van der Waals surface area contributed by atoms with Gasteiger partial charge < -0.3 is 15.6 Å². The molecule has 0 atom stereocenters. The first-order valence-electron chi connectivity index (χ1n) is 5.84. The third-order valence-corrected chi connectivity index (χ3v) is 3.01. The van der Waals surface area contributed by atoms with E-state index < -0.39 is 0 Å². The number of nitrogens with one attached hydrogen (secondary N) is 1. The van der Waals surface area contributed by atoms with Crippen molar-refractivity contribution in [3.8, 4) is 0 Å². The van der Waals surface area contributed by atoms with Gasteiger partial charge in [-0.05, 0) is 25.5 Å². The zero-order valence-corrected chi connectivity index (χ0v) is 12.0. The lowest BCUT2D eigenvalue weighted by molar-refractivity contribution is 0.809. The normalized spacial score (nSPS) is 10.5. The van der Waals surface area contributed by atoms with Crippen LogP contribution in [-0.2, 0) is 13.6 Å². The highest BCUT2D eigenvalue weighted by Gasteiger charge is 2.12. The maximum atomic E-state index is 5.76. The van der Waals surface area contributed by atoms with Crippen molar-refractivity contribution in [2.24, 2.45) is 12.8 Å². The van der Waals surface area contributed by atoms with E-state index in [1.165, 1.54) is 0 Å². The van der Waals surface area contributed by atoms with Crippen LogP contribution in [0.25, 0.3) is 0 Å². The van der Waals surface area contributed by atoms with Crippen molar-refractivity contribution in [3.05, 3.63) is 35.0 Å². The van der Waals surface area contributed by atoms with E-state index >= 15 is 0 Å². The number of nitrogens with zero attached hydrogens (tertiary/aromatic N) is 4. The van der Waals surface area contributed by atoms with E-state index in [9.17, 15) is 0 Å². The average Bonchev–Trinajstić information content (AvgIpc) is 2.70. The molecule has 0 radical (unpaired) electrons. The Kier molecular flexibility index (Phi) is 3.75. The van der Waals surface area contributed by atoms with Gasteiger partial charge >= 0.3 is 0 Å². The monoisotopic (exact) mass is 276 g/mol. The number of rotatable bonds is 4. The standard InChI is InChI=1S/C12H16N6S/c1-7-4-8(2)16-12(10(7)11(13)19)14-5-9-17-15-6-18(9)3/h4,6H,5H2,1-3H3,(H2,13,19)(H,14,16). The molecule has 0 spiro atoms. The molecule has 7 heteroatoms. The molecule has 3 N–H and O–H groups in total. The molecule has 0 bridgehead atoms. The summed E-state index contributed by atoms with van der Waals surface area (Å²) in [5, 5.41) is 11.1. The number of hydrogen-bond acceptors (Lipinski definition) is 5. The first-order valence-corrected chi connectivity index (χ1v) is 6.24. The fourth-order valence-corrected chi connectivity index (χ4v) is 2.16. The number of aryl methyl sites for hydroxylation is 3. The van der Waals surface area contributed by atoms with Crippen LogP contribution in [0.3, 0.4) is 0 Å².